The van der Waals surface area contributed by atoms with E-state index in [1.807, 2.05) is 0 Å². The fraction of sp³-hybridized carbons (Fsp3) is 0.143. The number of rotatable bonds is 4. The van der Waals surface area contributed by atoms with Crippen molar-refractivity contribution in [3.63, 3.8) is 0 Å². The molecule has 0 bridgehead atoms. The topological polar surface area (TPSA) is 86.5 Å². The molecule has 11 heteroatoms. The molecule has 1 rings (SSSR count). The zero-order valence-corrected chi connectivity index (χ0v) is 9.71. The number of halogens is 4. The number of ether oxygens (including phenoxy) is 1. The van der Waals surface area contributed by atoms with Gasteiger partial charge in [-0.1, -0.05) is 0 Å². The van der Waals surface area contributed by atoms with E-state index in [9.17, 15) is 31.7 Å². The molecule has 0 amide bonds. The molecular formula is C7H3ClF3NO5S. The summed E-state index contributed by atoms with van der Waals surface area (Å²) < 4.78 is 62.8. The van der Waals surface area contributed by atoms with Gasteiger partial charge in [0.25, 0.3) is 9.05 Å². The van der Waals surface area contributed by atoms with Crippen LogP contribution >= 0.6 is 10.7 Å². The van der Waals surface area contributed by atoms with Crippen LogP contribution in [0, 0.1) is 15.9 Å². The van der Waals surface area contributed by atoms with Crippen molar-refractivity contribution < 1.29 is 31.2 Å². The second-order valence-corrected chi connectivity index (χ2v) is 5.36. The summed E-state index contributed by atoms with van der Waals surface area (Å²) in [6.45, 7) is -3.36. The normalized spacial score (nSPS) is 11.6. The van der Waals surface area contributed by atoms with E-state index in [2.05, 4.69) is 4.74 Å². The Bertz CT molecular complexity index is 591. The number of nitro benzene ring substituents is 1. The molecule has 1 aromatic carbocycles. The van der Waals surface area contributed by atoms with E-state index in [4.69, 9.17) is 10.7 Å². The number of alkyl halides is 2. The average Bonchev–Trinajstić information content (AvgIpc) is 2.17. The highest BCUT2D eigenvalue weighted by atomic mass is 35.7. The standard InChI is InChI=1S/C7H3ClF3NO5S/c8-18(15,16)5-2-3(17-7(10)11)1-4(6(5)9)12(13)14/h1-2,7H. The van der Waals surface area contributed by atoms with Crippen LogP contribution in [0.1, 0.15) is 0 Å². The van der Waals surface area contributed by atoms with E-state index in [0.717, 1.165) is 0 Å². The minimum atomic E-state index is -4.68. The molecule has 0 aliphatic carbocycles. The predicted molar refractivity (Wildman–Crippen MR) is 52.7 cm³/mol. The van der Waals surface area contributed by atoms with Gasteiger partial charge in [-0.05, 0) is 0 Å². The molecule has 0 unspecified atom stereocenters. The number of nitro groups is 1. The first kappa shape index (κ1) is 14.5. The van der Waals surface area contributed by atoms with Gasteiger partial charge in [0.15, 0.2) is 0 Å². The zero-order chi connectivity index (χ0) is 14.1. The van der Waals surface area contributed by atoms with Gasteiger partial charge in [-0.3, -0.25) is 10.1 Å². The van der Waals surface area contributed by atoms with Gasteiger partial charge in [-0.25, -0.2) is 8.42 Å². The van der Waals surface area contributed by atoms with Gasteiger partial charge < -0.3 is 4.74 Å². The molecule has 18 heavy (non-hydrogen) atoms. The van der Waals surface area contributed by atoms with Crippen LogP contribution in [0.2, 0.25) is 0 Å². The van der Waals surface area contributed by atoms with Crippen molar-refractivity contribution in [3.05, 3.63) is 28.1 Å². The Morgan fingerprint density at radius 3 is 2.33 bits per heavy atom. The minimum absolute atomic E-state index is 0.326. The van der Waals surface area contributed by atoms with Crippen LogP contribution in [-0.4, -0.2) is 20.0 Å². The predicted octanol–water partition coefficient (Wildman–Crippen LogP) is 2.26. The summed E-state index contributed by atoms with van der Waals surface area (Å²) in [5, 5.41) is 10.4. The first-order chi connectivity index (χ1) is 8.12. The molecule has 1 aromatic rings. The summed E-state index contributed by atoms with van der Waals surface area (Å²) >= 11 is 0. The minimum Gasteiger partial charge on any atom is -0.435 e. The van der Waals surface area contributed by atoms with Crippen molar-refractivity contribution in [2.75, 3.05) is 0 Å². The lowest BCUT2D eigenvalue weighted by Gasteiger charge is -2.06. The number of nitrogens with zero attached hydrogens (tertiary/aromatic N) is 1. The molecule has 0 aliphatic heterocycles. The molecule has 0 saturated heterocycles. The lowest BCUT2D eigenvalue weighted by atomic mass is 10.3. The van der Waals surface area contributed by atoms with E-state index >= 15 is 0 Å². The Kier molecular flexibility index (Phi) is 4.02. The molecule has 6 nitrogen and oxygen atoms in total. The highest BCUT2D eigenvalue weighted by Gasteiger charge is 2.27. The van der Waals surface area contributed by atoms with Crippen LogP contribution in [-0.2, 0) is 9.05 Å². The molecule has 0 N–H and O–H groups in total. The summed E-state index contributed by atoms with van der Waals surface area (Å²) in [6.07, 6.45) is 0. The monoisotopic (exact) mass is 305 g/mol. The maximum absolute atomic E-state index is 13.4. The van der Waals surface area contributed by atoms with Crippen molar-refractivity contribution in [2.45, 2.75) is 11.5 Å². The van der Waals surface area contributed by atoms with Crippen LogP contribution in [0.15, 0.2) is 17.0 Å². The van der Waals surface area contributed by atoms with E-state index in [-0.39, 0.29) is 0 Å². The van der Waals surface area contributed by atoms with Gasteiger partial charge in [0.2, 0.25) is 5.82 Å². The lowest BCUT2D eigenvalue weighted by molar-refractivity contribution is -0.387. The van der Waals surface area contributed by atoms with E-state index in [1.54, 1.807) is 0 Å². The Hall–Kier alpha value is -1.55. The summed E-state index contributed by atoms with van der Waals surface area (Å²) in [5.41, 5.74) is -1.34. The second kappa shape index (κ2) is 4.98. The van der Waals surface area contributed by atoms with Gasteiger partial charge in [-0.15, -0.1) is 0 Å². The van der Waals surface area contributed by atoms with Crippen LogP contribution < -0.4 is 4.74 Å². The Labute approximate surface area is 102 Å². The Morgan fingerprint density at radius 2 is 1.94 bits per heavy atom. The van der Waals surface area contributed by atoms with Gasteiger partial charge >= 0.3 is 12.3 Å². The maximum Gasteiger partial charge on any atom is 0.387 e. The molecule has 0 radical (unpaired) electrons. The molecule has 0 aromatic heterocycles. The van der Waals surface area contributed by atoms with Crippen LogP contribution in [0.25, 0.3) is 0 Å². The van der Waals surface area contributed by atoms with Crippen LogP contribution in [0.5, 0.6) is 5.75 Å². The molecular weight excluding hydrogens is 303 g/mol. The maximum atomic E-state index is 13.4. The third kappa shape index (κ3) is 3.23. The third-order valence-corrected chi connectivity index (χ3v) is 3.00. The Balaban J connectivity index is 3.52. The number of hydrogen-bond acceptors (Lipinski definition) is 5. The van der Waals surface area contributed by atoms with Crippen molar-refractivity contribution in [3.8, 4) is 5.75 Å². The molecule has 100 valence electrons. The fourth-order valence-electron chi connectivity index (χ4n) is 1.04. The molecule has 0 fully saturated rings. The largest absolute Gasteiger partial charge is 0.435 e. The van der Waals surface area contributed by atoms with Gasteiger partial charge in [0, 0.05) is 16.7 Å². The van der Waals surface area contributed by atoms with Crippen molar-refractivity contribution in [1.29, 1.82) is 0 Å². The molecule has 0 heterocycles. The first-order valence-electron chi connectivity index (χ1n) is 4.00. The SMILES string of the molecule is O=[N+]([O-])c1cc(OC(F)F)cc(S(=O)(=O)Cl)c1F. The van der Waals surface area contributed by atoms with Gasteiger partial charge in [-0.2, -0.15) is 13.2 Å². The fourth-order valence-corrected chi connectivity index (χ4v) is 1.95. The first-order valence-corrected chi connectivity index (χ1v) is 6.31. The van der Waals surface area contributed by atoms with Crippen molar-refractivity contribution in [1.82, 2.24) is 0 Å². The Morgan fingerprint density at radius 1 is 1.39 bits per heavy atom. The van der Waals surface area contributed by atoms with E-state index in [1.165, 1.54) is 0 Å². The van der Waals surface area contributed by atoms with Crippen LogP contribution in [0.4, 0.5) is 18.9 Å². The van der Waals surface area contributed by atoms with Crippen molar-refractivity contribution >= 4 is 25.4 Å². The second-order valence-electron chi connectivity index (χ2n) is 2.83. The summed E-state index contributed by atoms with van der Waals surface area (Å²) in [5.74, 6) is -2.64. The molecule has 0 spiro atoms. The van der Waals surface area contributed by atoms with E-state index in [0.29, 0.717) is 12.1 Å². The van der Waals surface area contributed by atoms with Gasteiger partial charge in [0.05, 0.1) is 11.0 Å². The quantitative estimate of drug-likeness (QED) is 0.484. The third-order valence-electron chi connectivity index (χ3n) is 1.68. The van der Waals surface area contributed by atoms with Gasteiger partial charge in [0.1, 0.15) is 10.6 Å². The summed E-state index contributed by atoms with van der Waals surface area (Å²) in [4.78, 5) is 7.82. The highest BCUT2D eigenvalue weighted by molar-refractivity contribution is 8.13. The average molecular weight is 306 g/mol. The van der Waals surface area contributed by atoms with Crippen LogP contribution in [0.3, 0.4) is 0 Å². The zero-order valence-electron chi connectivity index (χ0n) is 8.14. The number of hydrogen-bond donors (Lipinski definition) is 0. The highest BCUT2D eigenvalue weighted by Crippen LogP contribution is 2.32. The summed E-state index contributed by atoms with van der Waals surface area (Å²) in [7, 11) is 0.136. The summed E-state index contributed by atoms with van der Waals surface area (Å²) in [6, 6.07) is 0.657. The molecule has 0 atom stereocenters. The smallest absolute Gasteiger partial charge is 0.387 e. The van der Waals surface area contributed by atoms with Crippen molar-refractivity contribution in [2.24, 2.45) is 0 Å². The molecule has 0 saturated carbocycles. The van der Waals surface area contributed by atoms with E-state index < -0.39 is 42.7 Å². The lowest BCUT2D eigenvalue weighted by Crippen LogP contribution is -2.06. The number of benzene rings is 1. The molecule has 0 aliphatic rings.